The number of hydrogen-bond acceptors (Lipinski definition) is 5. The number of methoxy groups -OCH3 is 1. The van der Waals surface area contributed by atoms with Crippen molar-refractivity contribution in [2.24, 2.45) is 17.8 Å². The Hall–Kier alpha value is -2.34. The van der Waals surface area contributed by atoms with Crippen LogP contribution in [0.1, 0.15) is 61.6 Å². The molecule has 1 heterocycles. The molecule has 0 spiro atoms. The summed E-state index contributed by atoms with van der Waals surface area (Å²) in [5.41, 5.74) is 1.14. The lowest BCUT2D eigenvalue weighted by atomic mass is 9.53. The highest BCUT2D eigenvalue weighted by atomic mass is 16.6. The number of nitrogens with one attached hydrogen (secondary N) is 1. The zero-order valence-corrected chi connectivity index (χ0v) is 17.6. The summed E-state index contributed by atoms with van der Waals surface area (Å²) in [5, 5.41) is 4.09. The van der Waals surface area contributed by atoms with Crippen molar-refractivity contribution in [3.8, 4) is 0 Å². The Balaban J connectivity index is 1.29. The Morgan fingerprint density at radius 1 is 1.13 bits per heavy atom. The number of carbonyl (C=O) groups excluding carboxylic acids is 2. The minimum Gasteiger partial charge on any atom is -0.449 e. The first kappa shape index (κ1) is 19.6. The van der Waals surface area contributed by atoms with Crippen LogP contribution in [0.25, 0.3) is 11.0 Å². The van der Waals surface area contributed by atoms with Gasteiger partial charge in [0.1, 0.15) is 5.58 Å². The number of fused-ring (bicyclic) bond motifs is 1. The van der Waals surface area contributed by atoms with Gasteiger partial charge in [-0.15, -0.1) is 0 Å². The predicted octanol–water partition coefficient (Wildman–Crippen LogP) is 4.21. The van der Waals surface area contributed by atoms with Crippen LogP contribution in [0.4, 0.5) is 0 Å². The van der Waals surface area contributed by atoms with Gasteiger partial charge in [0.05, 0.1) is 6.61 Å². The molecular formula is C24H29NO5. The van der Waals surface area contributed by atoms with Crippen molar-refractivity contribution in [3.63, 3.8) is 0 Å². The van der Waals surface area contributed by atoms with Gasteiger partial charge in [-0.1, -0.05) is 18.2 Å². The number of rotatable bonds is 6. The standard InChI is InChI=1S/C24H29NO5/c1-14(22(26)25-24-10-15-7-16(11-24)9-17(8-15)12-24)29-23(27)21-19(13-28-2)18-5-3-4-6-20(18)30-21/h3-6,14-17H,7-13H2,1-2H3,(H,25,26)/t14-,15?,16?,17?,24?/m0/s1. The Labute approximate surface area is 176 Å². The van der Waals surface area contributed by atoms with Crippen molar-refractivity contribution >= 4 is 22.8 Å². The number of furan rings is 1. The summed E-state index contributed by atoms with van der Waals surface area (Å²) < 4.78 is 16.5. The van der Waals surface area contributed by atoms with Crippen molar-refractivity contribution in [2.75, 3.05) is 7.11 Å². The van der Waals surface area contributed by atoms with Gasteiger partial charge in [-0.05, 0) is 69.3 Å². The zero-order chi connectivity index (χ0) is 20.9. The molecule has 4 aliphatic carbocycles. The number of benzene rings is 1. The van der Waals surface area contributed by atoms with E-state index in [1.807, 2.05) is 18.2 Å². The first-order valence-corrected chi connectivity index (χ1v) is 11.0. The van der Waals surface area contributed by atoms with Crippen molar-refractivity contribution < 1.29 is 23.5 Å². The molecule has 0 aliphatic heterocycles. The van der Waals surface area contributed by atoms with Crippen molar-refractivity contribution in [1.82, 2.24) is 5.32 Å². The third-order valence-electron chi connectivity index (χ3n) is 7.25. The van der Waals surface area contributed by atoms with Gasteiger partial charge in [-0.3, -0.25) is 4.79 Å². The number of esters is 1. The molecule has 4 aliphatic rings. The average molecular weight is 411 g/mol. The van der Waals surface area contributed by atoms with E-state index in [1.165, 1.54) is 19.3 Å². The van der Waals surface area contributed by atoms with E-state index >= 15 is 0 Å². The van der Waals surface area contributed by atoms with E-state index in [0.717, 1.165) is 42.4 Å². The van der Waals surface area contributed by atoms with E-state index in [-0.39, 0.29) is 23.8 Å². The van der Waals surface area contributed by atoms with Crippen LogP contribution in [-0.2, 0) is 20.9 Å². The van der Waals surface area contributed by atoms with Crippen LogP contribution >= 0.6 is 0 Å². The van der Waals surface area contributed by atoms with E-state index < -0.39 is 12.1 Å². The molecule has 0 saturated heterocycles. The second-order valence-corrected chi connectivity index (χ2v) is 9.57. The topological polar surface area (TPSA) is 77.8 Å². The van der Waals surface area contributed by atoms with Crippen LogP contribution in [0, 0.1) is 17.8 Å². The summed E-state index contributed by atoms with van der Waals surface area (Å²) in [6.07, 6.45) is 6.25. The molecule has 160 valence electrons. The lowest BCUT2D eigenvalue weighted by Gasteiger charge is -2.57. The fourth-order valence-electron chi connectivity index (χ4n) is 6.45. The Bertz CT molecular complexity index is 942. The summed E-state index contributed by atoms with van der Waals surface area (Å²) in [6.45, 7) is 1.86. The van der Waals surface area contributed by atoms with Crippen LogP contribution < -0.4 is 5.32 Å². The fraction of sp³-hybridized carbons (Fsp3) is 0.583. The van der Waals surface area contributed by atoms with Crippen molar-refractivity contribution in [3.05, 3.63) is 35.6 Å². The molecule has 0 radical (unpaired) electrons. The van der Waals surface area contributed by atoms with Crippen molar-refractivity contribution in [1.29, 1.82) is 0 Å². The Morgan fingerprint density at radius 3 is 2.40 bits per heavy atom. The first-order valence-electron chi connectivity index (χ1n) is 11.0. The second kappa shape index (κ2) is 7.41. The van der Waals surface area contributed by atoms with E-state index in [0.29, 0.717) is 11.1 Å². The van der Waals surface area contributed by atoms with E-state index in [1.54, 1.807) is 20.1 Å². The SMILES string of the molecule is COCc1c(C(=O)O[C@@H](C)C(=O)NC23CC4CC(CC(C4)C2)C3)oc2ccccc12. The maximum Gasteiger partial charge on any atom is 0.375 e. The van der Waals surface area contributed by atoms with Gasteiger partial charge >= 0.3 is 5.97 Å². The summed E-state index contributed by atoms with van der Waals surface area (Å²) in [4.78, 5) is 25.8. The minimum absolute atomic E-state index is 0.104. The lowest BCUT2D eigenvalue weighted by Crippen LogP contribution is -2.61. The van der Waals surface area contributed by atoms with Gasteiger partial charge in [0.15, 0.2) is 6.10 Å². The van der Waals surface area contributed by atoms with Gasteiger partial charge in [0.2, 0.25) is 5.76 Å². The van der Waals surface area contributed by atoms with E-state index in [2.05, 4.69) is 5.32 Å². The second-order valence-electron chi connectivity index (χ2n) is 9.57. The van der Waals surface area contributed by atoms with Gasteiger partial charge < -0.3 is 19.2 Å². The molecule has 6 rings (SSSR count). The lowest BCUT2D eigenvalue weighted by molar-refractivity contribution is -0.135. The number of hydrogen-bond donors (Lipinski definition) is 1. The largest absolute Gasteiger partial charge is 0.449 e. The monoisotopic (exact) mass is 411 g/mol. The highest BCUT2D eigenvalue weighted by Crippen LogP contribution is 2.55. The highest BCUT2D eigenvalue weighted by Gasteiger charge is 2.51. The Kier molecular flexibility index (Phi) is 4.85. The summed E-state index contributed by atoms with van der Waals surface area (Å²) in [5.74, 6) is 1.47. The van der Waals surface area contributed by atoms with Gasteiger partial charge in [-0.25, -0.2) is 4.79 Å². The summed E-state index contributed by atoms with van der Waals surface area (Å²) >= 11 is 0. The molecule has 6 nitrogen and oxygen atoms in total. The van der Waals surface area contributed by atoms with Crippen LogP contribution in [0.5, 0.6) is 0 Å². The maximum atomic E-state index is 12.9. The molecule has 1 N–H and O–H groups in total. The number of amides is 1. The third-order valence-corrected chi connectivity index (χ3v) is 7.25. The molecule has 6 heteroatoms. The van der Waals surface area contributed by atoms with Crippen LogP contribution in [0.2, 0.25) is 0 Å². The molecule has 2 aromatic rings. The normalized spacial score (nSPS) is 30.4. The fourth-order valence-corrected chi connectivity index (χ4v) is 6.45. The molecule has 0 unspecified atom stereocenters. The van der Waals surface area contributed by atoms with Gasteiger partial charge in [0, 0.05) is 23.6 Å². The van der Waals surface area contributed by atoms with Crippen LogP contribution in [0.3, 0.4) is 0 Å². The Morgan fingerprint density at radius 2 is 1.77 bits per heavy atom. The molecule has 4 fully saturated rings. The van der Waals surface area contributed by atoms with Crippen LogP contribution in [-0.4, -0.2) is 30.6 Å². The zero-order valence-electron chi connectivity index (χ0n) is 17.6. The number of carbonyl (C=O) groups is 2. The van der Waals surface area contributed by atoms with E-state index in [9.17, 15) is 9.59 Å². The third kappa shape index (κ3) is 3.41. The predicted molar refractivity (Wildman–Crippen MR) is 111 cm³/mol. The molecule has 1 aromatic carbocycles. The molecule has 1 atom stereocenters. The number of ether oxygens (including phenoxy) is 2. The van der Waals surface area contributed by atoms with Gasteiger partial charge in [-0.2, -0.15) is 0 Å². The van der Waals surface area contributed by atoms with Crippen molar-refractivity contribution in [2.45, 2.75) is 63.7 Å². The average Bonchev–Trinajstić information content (AvgIpc) is 3.05. The van der Waals surface area contributed by atoms with E-state index in [4.69, 9.17) is 13.9 Å². The first-order chi connectivity index (χ1) is 14.5. The smallest absolute Gasteiger partial charge is 0.375 e. The molecule has 4 saturated carbocycles. The molecular weight excluding hydrogens is 382 g/mol. The molecule has 1 aromatic heterocycles. The highest BCUT2D eigenvalue weighted by molar-refractivity contribution is 5.97. The van der Waals surface area contributed by atoms with Crippen LogP contribution in [0.15, 0.2) is 28.7 Å². The quantitative estimate of drug-likeness (QED) is 0.721. The molecule has 4 bridgehead atoms. The minimum atomic E-state index is -0.880. The van der Waals surface area contributed by atoms with Gasteiger partial charge in [0.25, 0.3) is 5.91 Å². The summed E-state index contributed by atoms with van der Waals surface area (Å²) in [7, 11) is 1.57. The maximum absolute atomic E-state index is 12.9. The summed E-state index contributed by atoms with van der Waals surface area (Å²) in [6, 6.07) is 7.41. The molecule has 1 amide bonds. The number of para-hydroxylation sites is 1. The molecule has 30 heavy (non-hydrogen) atoms.